The van der Waals surface area contributed by atoms with E-state index in [1.165, 1.54) is 4.90 Å². The number of nitrogens with zero attached hydrogens (tertiary/aromatic N) is 2. The van der Waals surface area contributed by atoms with E-state index < -0.39 is 11.9 Å². The average Bonchev–Trinajstić information content (AvgIpc) is 2.71. The van der Waals surface area contributed by atoms with Crippen molar-refractivity contribution in [3.05, 3.63) is 29.6 Å². The highest BCUT2D eigenvalue weighted by molar-refractivity contribution is 5.94. The van der Waals surface area contributed by atoms with Crippen LogP contribution in [0.3, 0.4) is 0 Å². The van der Waals surface area contributed by atoms with Crippen LogP contribution in [0.1, 0.15) is 22.5 Å². The lowest BCUT2D eigenvalue weighted by atomic mass is 10.2. The van der Waals surface area contributed by atoms with E-state index in [0.717, 1.165) is 18.3 Å². The monoisotopic (exact) mass is 303 g/mol. The Hall–Kier alpha value is -1.67. The lowest BCUT2D eigenvalue weighted by Gasteiger charge is -2.23. The number of amides is 1. The number of hydrogen-bond acceptors (Lipinski definition) is 4. The molecule has 0 bridgehead atoms. The zero-order valence-electron chi connectivity index (χ0n) is 11.3. The van der Waals surface area contributed by atoms with Gasteiger partial charge in [-0.25, -0.2) is 0 Å². The normalized spacial score (nSPS) is 20.2. The maximum absolute atomic E-state index is 12.4. The van der Waals surface area contributed by atoms with E-state index in [2.05, 4.69) is 4.98 Å². The van der Waals surface area contributed by atoms with Gasteiger partial charge in [0, 0.05) is 32.4 Å². The van der Waals surface area contributed by atoms with Crippen molar-refractivity contribution in [2.75, 3.05) is 26.2 Å². The number of ether oxygens (including phenoxy) is 1. The third-order valence-corrected chi connectivity index (χ3v) is 3.20. The van der Waals surface area contributed by atoms with Crippen molar-refractivity contribution in [2.45, 2.75) is 18.7 Å². The maximum Gasteiger partial charge on any atom is 0.433 e. The van der Waals surface area contributed by atoms with E-state index in [-0.39, 0.29) is 24.1 Å². The van der Waals surface area contributed by atoms with Crippen LogP contribution in [0.5, 0.6) is 0 Å². The highest BCUT2D eigenvalue weighted by Gasteiger charge is 2.32. The average molecular weight is 303 g/mol. The van der Waals surface area contributed by atoms with Gasteiger partial charge in [0.2, 0.25) is 0 Å². The van der Waals surface area contributed by atoms with Crippen LogP contribution in [0.2, 0.25) is 0 Å². The molecule has 1 aromatic heterocycles. The van der Waals surface area contributed by atoms with Crippen molar-refractivity contribution in [1.82, 2.24) is 9.88 Å². The summed E-state index contributed by atoms with van der Waals surface area (Å²) in [6.07, 6.45) is -3.15. The molecule has 1 aromatic rings. The molecule has 2 heterocycles. The van der Waals surface area contributed by atoms with Crippen LogP contribution in [0, 0.1) is 0 Å². The van der Waals surface area contributed by atoms with E-state index in [1.807, 2.05) is 0 Å². The van der Waals surface area contributed by atoms with Crippen LogP contribution in [-0.2, 0) is 10.9 Å². The highest BCUT2D eigenvalue weighted by Crippen LogP contribution is 2.27. The Bertz CT molecular complexity index is 490. The second kappa shape index (κ2) is 6.40. The molecule has 1 atom stereocenters. The van der Waals surface area contributed by atoms with Crippen LogP contribution in [0.25, 0.3) is 0 Å². The lowest BCUT2D eigenvalue weighted by molar-refractivity contribution is -0.141. The fraction of sp³-hybridized carbons (Fsp3) is 0.538. The van der Waals surface area contributed by atoms with Gasteiger partial charge in [-0.3, -0.25) is 9.78 Å². The Balaban J connectivity index is 2.11. The quantitative estimate of drug-likeness (QED) is 0.894. The first-order valence-electron chi connectivity index (χ1n) is 6.56. The van der Waals surface area contributed by atoms with Crippen LogP contribution >= 0.6 is 0 Å². The van der Waals surface area contributed by atoms with Gasteiger partial charge < -0.3 is 15.4 Å². The molecule has 5 nitrogen and oxygen atoms in total. The van der Waals surface area contributed by atoms with Crippen molar-refractivity contribution in [3.8, 4) is 0 Å². The van der Waals surface area contributed by atoms with Gasteiger partial charge in [0.25, 0.3) is 5.91 Å². The molecule has 116 valence electrons. The van der Waals surface area contributed by atoms with E-state index in [4.69, 9.17) is 10.5 Å². The zero-order valence-corrected chi connectivity index (χ0v) is 11.3. The van der Waals surface area contributed by atoms with Gasteiger partial charge in [-0.2, -0.15) is 13.2 Å². The second-order valence-electron chi connectivity index (χ2n) is 4.76. The molecule has 0 radical (unpaired) electrons. The summed E-state index contributed by atoms with van der Waals surface area (Å²) >= 11 is 0. The minimum Gasteiger partial charge on any atom is -0.375 e. The SMILES string of the molecule is NCC1CN(C(=O)c2ccc(C(F)(F)F)nc2)CCCO1. The standard InChI is InChI=1S/C13H16F3N3O2/c14-13(15,16)11-3-2-9(7-18-11)12(20)19-4-1-5-21-10(6-17)8-19/h2-3,7,10H,1,4-6,8,17H2. The van der Waals surface area contributed by atoms with E-state index in [9.17, 15) is 18.0 Å². The molecule has 8 heteroatoms. The first-order chi connectivity index (χ1) is 9.91. The summed E-state index contributed by atoms with van der Waals surface area (Å²) in [5, 5.41) is 0. The maximum atomic E-state index is 12.4. The molecule has 0 spiro atoms. The number of hydrogen-bond donors (Lipinski definition) is 1. The van der Waals surface area contributed by atoms with Crippen LogP contribution in [0.15, 0.2) is 18.3 Å². The fourth-order valence-corrected chi connectivity index (χ4v) is 2.09. The van der Waals surface area contributed by atoms with E-state index in [1.54, 1.807) is 0 Å². The predicted molar refractivity (Wildman–Crippen MR) is 68.6 cm³/mol. The smallest absolute Gasteiger partial charge is 0.375 e. The van der Waals surface area contributed by atoms with Crippen molar-refractivity contribution in [2.24, 2.45) is 5.73 Å². The summed E-state index contributed by atoms with van der Waals surface area (Å²) in [4.78, 5) is 17.1. The first kappa shape index (κ1) is 15.7. The van der Waals surface area contributed by atoms with Gasteiger partial charge in [0.1, 0.15) is 5.69 Å². The van der Waals surface area contributed by atoms with Crippen molar-refractivity contribution < 1.29 is 22.7 Å². The Morgan fingerprint density at radius 2 is 2.24 bits per heavy atom. The number of pyridine rings is 1. The Morgan fingerprint density at radius 1 is 1.48 bits per heavy atom. The molecule has 1 fully saturated rings. The molecule has 21 heavy (non-hydrogen) atoms. The lowest BCUT2D eigenvalue weighted by Crippen LogP contribution is -2.39. The molecule has 2 rings (SSSR count). The molecule has 0 saturated carbocycles. The number of halogens is 3. The molecule has 2 N–H and O–H groups in total. The van der Waals surface area contributed by atoms with Crippen molar-refractivity contribution in [3.63, 3.8) is 0 Å². The first-order valence-corrected chi connectivity index (χ1v) is 6.56. The number of nitrogens with two attached hydrogens (primary N) is 1. The molecule has 0 aromatic carbocycles. The molecule has 1 unspecified atom stereocenters. The summed E-state index contributed by atoms with van der Waals surface area (Å²) < 4.78 is 42.8. The van der Waals surface area contributed by atoms with Gasteiger partial charge in [-0.1, -0.05) is 0 Å². The molecule has 1 amide bonds. The molecule has 1 aliphatic rings. The topological polar surface area (TPSA) is 68.5 Å². The number of carbonyl (C=O) groups is 1. The summed E-state index contributed by atoms with van der Waals surface area (Å²) in [7, 11) is 0. The largest absolute Gasteiger partial charge is 0.433 e. The summed E-state index contributed by atoms with van der Waals surface area (Å²) in [6.45, 7) is 1.61. The summed E-state index contributed by atoms with van der Waals surface area (Å²) in [5.41, 5.74) is 4.65. The van der Waals surface area contributed by atoms with Crippen LogP contribution in [-0.4, -0.2) is 48.1 Å². The van der Waals surface area contributed by atoms with Gasteiger partial charge >= 0.3 is 6.18 Å². The number of aromatic nitrogens is 1. The third-order valence-electron chi connectivity index (χ3n) is 3.20. The minimum atomic E-state index is -4.51. The molecular weight excluding hydrogens is 287 g/mol. The third kappa shape index (κ3) is 3.92. The van der Waals surface area contributed by atoms with Crippen molar-refractivity contribution >= 4 is 5.91 Å². The van der Waals surface area contributed by atoms with Gasteiger partial charge in [-0.15, -0.1) is 0 Å². The predicted octanol–water partition coefficient (Wildman–Crippen LogP) is 1.29. The summed E-state index contributed by atoms with van der Waals surface area (Å²) in [5.74, 6) is -0.361. The Kier molecular flexibility index (Phi) is 4.79. The molecule has 0 aliphatic carbocycles. The van der Waals surface area contributed by atoms with E-state index >= 15 is 0 Å². The fourth-order valence-electron chi connectivity index (χ4n) is 2.09. The summed E-state index contributed by atoms with van der Waals surface area (Å²) in [6, 6.07) is 1.95. The van der Waals surface area contributed by atoms with Gasteiger partial charge in [0.15, 0.2) is 0 Å². The Morgan fingerprint density at radius 3 is 2.81 bits per heavy atom. The molecule has 1 saturated heterocycles. The number of alkyl halides is 3. The minimum absolute atomic E-state index is 0.126. The molecule has 1 aliphatic heterocycles. The second-order valence-corrected chi connectivity index (χ2v) is 4.76. The zero-order chi connectivity index (χ0) is 15.5. The van der Waals surface area contributed by atoms with E-state index in [0.29, 0.717) is 26.1 Å². The highest BCUT2D eigenvalue weighted by atomic mass is 19.4. The number of rotatable bonds is 2. The number of carbonyl (C=O) groups excluding carboxylic acids is 1. The van der Waals surface area contributed by atoms with Crippen molar-refractivity contribution in [1.29, 1.82) is 0 Å². The Labute approximate surface area is 119 Å². The van der Waals surface area contributed by atoms with Gasteiger partial charge in [-0.05, 0) is 18.6 Å². The van der Waals surface area contributed by atoms with Crippen LogP contribution < -0.4 is 5.73 Å². The van der Waals surface area contributed by atoms with Crippen LogP contribution in [0.4, 0.5) is 13.2 Å². The molecular formula is C13H16F3N3O2. The van der Waals surface area contributed by atoms with Gasteiger partial charge in [0.05, 0.1) is 11.7 Å².